The zero-order valence-electron chi connectivity index (χ0n) is 16.5. The second-order valence-corrected chi connectivity index (χ2v) is 8.75. The quantitative estimate of drug-likeness (QED) is 0.597. The molecule has 2 nitrogen and oxygen atoms in total. The van der Waals surface area contributed by atoms with Gasteiger partial charge in [0.05, 0.1) is 14.4 Å². The molecule has 0 aliphatic rings. The first-order valence-corrected chi connectivity index (χ1v) is 9.09. The first-order chi connectivity index (χ1) is 11.1. The van der Waals surface area contributed by atoms with Gasteiger partial charge in [-0.2, -0.15) is 0 Å². The summed E-state index contributed by atoms with van der Waals surface area (Å²) in [6.07, 6.45) is 1.84. The Morgan fingerprint density at radius 2 is 1.71 bits per heavy atom. The van der Waals surface area contributed by atoms with Crippen LogP contribution in [0.5, 0.6) is 5.75 Å². The summed E-state index contributed by atoms with van der Waals surface area (Å²) in [6.45, 7) is 15.9. The third-order valence-corrected chi connectivity index (χ3v) is 4.18. The lowest BCUT2D eigenvalue weighted by molar-refractivity contribution is 0.206. The SMILES string of the molecule is [B]CC(C)(C)CC(C)(C)CNCc1ccc(OC[B]C(C)C)cc1. The molecule has 0 spiro atoms. The van der Waals surface area contributed by atoms with Crippen molar-refractivity contribution < 1.29 is 4.74 Å². The summed E-state index contributed by atoms with van der Waals surface area (Å²) in [6, 6.07) is 8.37. The predicted molar refractivity (Wildman–Crippen MR) is 107 cm³/mol. The van der Waals surface area contributed by atoms with Crippen molar-refractivity contribution in [2.45, 2.75) is 66.6 Å². The van der Waals surface area contributed by atoms with Crippen LogP contribution in [-0.2, 0) is 6.54 Å². The van der Waals surface area contributed by atoms with E-state index >= 15 is 0 Å². The molecule has 0 saturated heterocycles. The van der Waals surface area contributed by atoms with Gasteiger partial charge in [-0.15, -0.1) is 0 Å². The fourth-order valence-electron chi connectivity index (χ4n) is 3.02. The molecule has 0 aromatic heterocycles. The highest BCUT2D eigenvalue weighted by atomic mass is 16.5. The van der Waals surface area contributed by atoms with Gasteiger partial charge in [0.2, 0.25) is 0 Å². The Morgan fingerprint density at radius 1 is 1.08 bits per heavy atom. The number of rotatable bonds is 11. The standard InChI is InChI=1S/C20H34B2NO/c1-16(2)22-15-24-18-9-7-17(8-10-18)11-23-14-20(5,6)12-19(3,4)13-21/h7-10,16,23H,11-15H2,1-6H3. The van der Waals surface area contributed by atoms with Gasteiger partial charge >= 0.3 is 0 Å². The van der Waals surface area contributed by atoms with E-state index in [2.05, 4.69) is 66.3 Å². The van der Waals surface area contributed by atoms with Gasteiger partial charge in [-0.3, -0.25) is 0 Å². The maximum Gasteiger partial charge on any atom is 0.164 e. The lowest BCUT2D eigenvalue weighted by atomic mass is 9.68. The van der Waals surface area contributed by atoms with E-state index in [0.717, 1.165) is 31.6 Å². The van der Waals surface area contributed by atoms with Crippen LogP contribution in [0.4, 0.5) is 0 Å². The molecule has 131 valence electrons. The molecule has 1 N–H and O–H groups in total. The lowest BCUT2D eigenvalue weighted by Crippen LogP contribution is -2.33. The monoisotopic (exact) mass is 326 g/mol. The Kier molecular flexibility index (Phi) is 8.42. The maximum absolute atomic E-state index is 5.86. The number of hydrogen-bond donors (Lipinski definition) is 1. The molecule has 0 atom stereocenters. The summed E-state index contributed by atoms with van der Waals surface area (Å²) in [5, 5.41) is 3.58. The van der Waals surface area contributed by atoms with Gasteiger partial charge in [-0.25, -0.2) is 0 Å². The van der Waals surface area contributed by atoms with Crippen LogP contribution in [-0.4, -0.2) is 28.2 Å². The Morgan fingerprint density at radius 3 is 2.25 bits per heavy atom. The van der Waals surface area contributed by atoms with E-state index in [1.165, 1.54) is 5.56 Å². The summed E-state index contributed by atoms with van der Waals surface area (Å²) in [4.78, 5) is 0. The molecular formula is C20H34B2NO. The molecule has 0 unspecified atom stereocenters. The highest BCUT2D eigenvalue weighted by Gasteiger charge is 2.26. The normalized spacial score (nSPS) is 12.5. The smallest absolute Gasteiger partial charge is 0.164 e. The van der Waals surface area contributed by atoms with Gasteiger partial charge in [0.1, 0.15) is 5.75 Å². The topological polar surface area (TPSA) is 21.3 Å². The third kappa shape index (κ3) is 8.82. The molecule has 4 heteroatoms. The van der Waals surface area contributed by atoms with Crippen molar-refractivity contribution in [1.82, 2.24) is 5.32 Å². The van der Waals surface area contributed by atoms with Crippen molar-refractivity contribution in [2.75, 3.05) is 13.1 Å². The van der Waals surface area contributed by atoms with Gasteiger partial charge in [0.15, 0.2) is 7.28 Å². The van der Waals surface area contributed by atoms with Crippen molar-refractivity contribution >= 4 is 15.1 Å². The third-order valence-electron chi connectivity index (χ3n) is 4.18. The largest absolute Gasteiger partial charge is 0.503 e. The number of nitrogens with one attached hydrogen (secondary N) is 1. The van der Waals surface area contributed by atoms with E-state index in [0.29, 0.717) is 12.3 Å². The van der Waals surface area contributed by atoms with Crippen molar-refractivity contribution in [3.63, 3.8) is 0 Å². The van der Waals surface area contributed by atoms with Crippen molar-refractivity contribution in [2.24, 2.45) is 10.8 Å². The molecule has 3 radical (unpaired) electrons. The summed E-state index contributed by atoms with van der Waals surface area (Å²) in [5.41, 5.74) is 1.71. The van der Waals surface area contributed by atoms with Gasteiger partial charge in [0.25, 0.3) is 0 Å². The van der Waals surface area contributed by atoms with Crippen LogP contribution < -0.4 is 10.1 Å². The summed E-state index contributed by atoms with van der Waals surface area (Å²) >= 11 is 0. The van der Waals surface area contributed by atoms with Crippen molar-refractivity contribution in [3.8, 4) is 5.75 Å². The molecule has 1 aromatic rings. The molecular weight excluding hydrogens is 292 g/mol. The highest BCUT2D eigenvalue weighted by Crippen LogP contribution is 2.35. The predicted octanol–water partition coefficient (Wildman–Crippen LogP) is 4.67. The van der Waals surface area contributed by atoms with Gasteiger partial charge in [-0.1, -0.05) is 65.8 Å². The van der Waals surface area contributed by atoms with E-state index in [4.69, 9.17) is 12.6 Å². The second-order valence-electron chi connectivity index (χ2n) is 8.75. The van der Waals surface area contributed by atoms with Crippen LogP contribution in [0, 0.1) is 10.8 Å². The molecule has 1 aromatic carbocycles. The molecule has 24 heavy (non-hydrogen) atoms. The summed E-state index contributed by atoms with van der Waals surface area (Å²) < 4.78 is 5.71. The zero-order valence-corrected chi connectivity index (χ0v) is 16.5. The van der Waals surface area contributed by atoms with Crippen LogP contribution in [0.2, 0.25) is 12.1 Å². The van der Waals surface area contributed by atoms with Crippen LogP contribution in [0.15, 0.2) is 24.3 Å². The first-order valence-electron chi connectivity index (χ1n) is 9.09. The van der Waals surface area contributed by atoms with Crippen LogP contribution >= 0.6 is 0 Å². The van der Waals surface area contributed by atoms with Gasteiger partial charge in [-0.05, 0) is 34.9 Å². The number of ether oxygens (including phenoxy) is 1. The zero-order chi connectivity index (χ0) is 18.2. The van der Waals surface area contributed by atoms with E-state index < -0.39 is 0 Å². The van der Waals surface area contributed by atoms with Crippen molar-refractivity contribution in [3.05, 3.63) is 29.8 Å². The fraction of sp³-hybridized carbons (Fsp3) is 0.700. The van der Waals surface area contributed by atoms with E-state index in [1.54, 1.807) is 0 Å². The highest BCUT2D eigenvalue weighted by molar-refractivity contribution is 6.37. The molecule has 0 bridgehead atoms. The lowest BCUT2D eigenvalue weighted by Gasteiger charge is -2.35. The molecule has 0 heterocycles. The van der Waals surface area contributed by atoms with Crippen molar-refractivity contribution in [1.29, 1.82) is 0 Å². The second kappa shape index (κ2) is 9.56. The van der Waals surface area contributed by atoms with E-state index in [1.807, 2.05) is 12.1 Å². The molecule has 0 aliphatic heterocycles. The maximum atomic E-state index is 5.86. The molecule has 0 fully saturated rings. The Balaban J connectivity index is 2.37. The summed E-state index contributed by atoms with van der Waals surface area (Å²) in [5.74, 6) is 1.49. The van der Waals surface area contributed by atoms with E-state index in [-0.39, 0.29) is 10.8 Å². The average Bonchev–Trinajstić information content (AvgIpc) is 2.47. The minimum absolute atomic E-state index is 0.192. The minimum Gasteiger partial charge on any atom is -0.503 e. The van der Waals surface area contributed by atoms with Gasteiger partial charge < -0.3 is 10.1 Å². The molecule has 0 amide bonds. The van der Waals surface area contributed by atoms with Crippen LogP contribution in [0.1, 0.15) is 53.5 Å². The summed E-state index contributed by atoms with van der Waals surface area (Å²) in [7, 11) is 8.03. The average molecular weight is 326 g/mol. The minimum atomic E-state index is 0.192. The van der Waals surface area contributed by atoms with E-state index in [9.17, 15) is 0 Å². The Hall–Kier alpha value is -0.890. The number of benzene rings is 1. The molecule has 0 aliphatic carbocycles. The van der Waals surface area contributed by atoms with Gasteiger partial charge in [0, 0.05) is 13.1 Å². The Bertz CT molecular complexity index is 469. The Labute approximate surface area is 151 Å². The fourth-order valence-corrected chi connectivity index (χ4v) is 3.02. The van der Waals surface area contributed by atoms with Crippen LogP contribution in [0.3, 0.4) is 0 Å². The number of hydrogen-bond acceptors (Lipinski definition) is 2. The molecule has 0 saturated carbocycles. The van der Waals surface area contributed by atoms with Crippen LogP contribution in [0.25, 0.3) is 0 Å². The first kappa shape index (κ1) is 21.2. The molecule has 1 rings (SSSR count).